The maximum Gasteiger partial charge on any atom is 0.248 e. The van der Waals surface area contributed by atoms with Crippen molar-refractivity contribution in [2.45, 2.75) is 6.54 Å². The minimum absolute atomic E-state index is 0.127. The average molecular weight is 324 g/mol. The van der Waals surface area contributed by atoms with Gasteiger partial charge in [-0.05, 0) is 16.7 Å². The van der Waals surface area contributed by atoms with E-state index in [0.717, 1.165) is 32.7 Å². The molecule has 5 nitrogen and oxygen atoms in total. The predicted molar refractivity (Wildman–Crippen MR) is 95.9 cm³/mol. The molecule has 1 aliphatic heterocycles. The van der Waals surface area contributed by atoms with Gasteiger partial charge in [-0.3, -0.25) is 20.0 Å². The van der Waals surface area contributed by atoms with Gasteiger partial charge in [-0.1, -0.05) is 54.6 Å². The molecule has 24 heavy (non-hydrogen) atoms. The minimum atomic E-state index is -0.127. The molecule has 0 aliphatic carbocycles. The number of hydrogen-bond donors (Lipinski definition) is 2. The largest absolute Gasteiger partial charge is 0.297 e. The maximum atomic E-state index is 11.4. The number of hydrazine groups is 1. The zero-order valence-electron chi connectivity index (χ0n) is 13.8. The Balaban J connectivity index is 1.63. The number of nitrogens with zero attached hydrogens (tertiary/aromatic N) is 2. The van der Waals surface area contributed by atoms with Gasteiger partial charge in [-0.15, -0.1) is 0 Å². The van der Waals surface area contributed by atoms with E-state index in [1.807, 2.05) is 6.07 Å². The molecule has 126 valence electrons. The van der Waals surface area contributed by atoms with E-state index < -0.39 is 0 Å². The first kappa shape index (κ1) is 16.6. The first-order valence-electron chi connectivity index (χ1n) is 8.34. The molecular formula is C19H24N4O. The van der Waals surface area contributed by atoms with Crippen LogP contribution < -0.4 is 11.3 Å². The number of nitrogens with two attached hydrogens (primary N) is 1. The van der Waals surface area contributed by atoms with Gasteiger partial charge in [-0.25, -0.2) is 5.84 Å². The highest BCUT2D eigenvalue weighted by molar-refractivity contribution is 5.77. The number of carbonyl (C=O) groups excluding carboxylic acids is 1. The Bertz CT molecular complexity index is 666. The summed E-state index contributed by atoms with van der Waals surface area (Å²) >= 11 is 0. The lowest BCUT2D eigenvalue weighted by molar-refractivity contribution is -0.122. The van der Waals surface area contributed by atoms with Gasteiger partial charge in [0.2, 0.25) is 5.91 Å². The molecule has 1 saturated heterocycles. The predicted octanol–water partition coefficient (Wildman–Crippen LogP) is 1.46. The number of nitrogens with one attached hydrogen (secondary N) is 1. The molecule has 2 aromatic rings. The fourth-order valence-electron chi connectivity index (χ4n) is 3.15. The lowest BCUT2D eigenvalue weighted by atomic mass is 9.99. The molecule has 5 heteroatoms. The van der Waals surface area contributed by atoms with Crippen LogP contribution >= 0.6 is 0 Å². The molecule has 0 atom stereocenters. The zero-order valence-corrected chi connectivity index (χ0v) is 13.8. The van der Waals surface area contributed by atoms with Crippen LogP contribution in [0.25, 0.3) is 11.1 Å². The summed E-state index contributed by atoms with van der Waals surface area (Å²) in [6.45, 7) is 5.01. The summed E-state index contributed by atoms with van der Waals surface area (Å²) in [4.78, 5) is 15.9. The fourth-order valence-corrected chi connectivity index (χ4v) is 3.15. The number of carbonyl (C=O) groups is 1. The third-order valence-electron chi connectivity index (χ3n) is 4.49. The number of amides is 1. The van der Waals surface area contributed by atoms with Gasteiger partial charge in [0, 0.05) is 32.7 Å². The standard InChI is InChI=1S/C19H24N4O/c20-21-19(24)15-23-12-10-22(11-13-23)14-17-8-4-5-9-18(17)16-6-2-1-3-7-16/h1-9H,10-15,20H2,(H,21,24). The van der Waals surface area contributed by atoms with Gasteiger partial charge in [0.15, 0.2) is 0 Å². The second-order valence-electron chi connectivity index (χ2n) is 6.14. The fraction of sp³-hybridized carbons (Fsp3) is 0.316. The van der Waals surface area contributed by atoms with E-state index in [2.05, 4.69) is 63.8 Å². The summed E-state index contributed by atoms with van der Waals surface area (Å²) in [6, 6.07) is 19.1. The van der Waals surface area contributed by atoms with E-state index in [1.54, 1.807) is 0 Å². The minimum Gasteiger partial charge on any atom is -0.297 e. The average Bonchev–Trinajstić information content (AvgIpc) is 2.64. The van der Waals surface area contributed by atoms with Crippen molar-refractivity contribution in [1.29, 1.82) is 0 Å². The molecular weight excluding hydrogens is 300 g/mol. The Hall–Kier alpha value is -2.21. The van der Waals surface area contributed by atoms with Crippen molar-refractivity contribution in [2.75, 3.05) is 32.7 Å². The number of hydrogen-bond acceptors (Lipinski definition) is 4. The first-order valence-corrected chi connectivity index (χ1v) is 8.34. The van der Waals surface area contributed by atoms with E-state index in [9.17, 15) is 4.79 Å². The SMILES string of the molecule is NNC(=O)CN1CCN(Cc2ccccc2-c2ccccc2)CC1. The Labute approximate surface area is 143 Å². The van der Waals surface area contributed by atoms with Crippen LogP contribution in [0, 0.1) is 0 Å². The Morgan fingerprint density at radius 3 is 2.25 bits per heavy atom. The molecule has 0 aromatic heterocycles. The van der Waals surface area contributed by atoms with E-state index in [0.29, 0.717) is 6.54 Å². The summed E-state index contributed by atoms with van der Waals surface area (Å²) in [6.07, 6.45) is 0. The monoisotopic (exact) mass is 324 g/mol. The van der Waals surface area contributed by atoms with Crippen LogP contribution in [-0.4, -0.2) is 48.4 Å². The molecule has 1 heterocycles. The van der Waals surface area contributed by atoms with Crippen molar-refractivity contribution in [3.63, 3.8) is 0 Å². The van der Waals surface area contributed by atoms with Crippen LogP contribution in [0.1, 0.15) is 5.56 Å². The van der Waals surface area contributed by atoms with E-state index >= 15 is 0 Å². The number of benzene rings is 2. The van der Waals surface area contributed by atoms with Crippen molar-refractivity contribution < 1.29 is 4.79 Å². The van der Waals surface area contributed by atoms with Gasteiger partial charge in [0.05, 0.1) is 6.54 Å². The van der Waals surface area contributed by atoms with Gasteiger partial charge >= 0.3 is 0 Å². The second kappa shape index (κ2) is 8.06. The molecule has 0 bridgehead atoms. The first-order chi connectivity index (χ1) is 11.8. The molecule has 2 aromatic carbocycles. The highest BCUT2D eigenvalue weighted by Crippen LogP contribution is 2.24. The molecule has 0 saturated carbocycles. The van der Waals surface area contributed by atoms with Gasteiger partial charge in [-0.2, -0.15) is 0 Å². The maximum absolute atomic E-state index is 11.4. The molecule has 1 fully saturated rings. The van der Waals surface area contributed by atoms with Crippen molar-refractivity contribution in [3.8, 4) is 11.1 Å². The van der Waals surface area contributed by atoms with E-state index in [-0.39, 0.29) is 5.91 Å². The van der Waals surface area contributed by atoms with Gasteiger partial charge in [0.1, 0.15) is 0 Å². The van der Waals surface area contributed by atoms with Crippen LogP contribution in [0.4, 0.5) is 0 Å². The Kier molecular flexibility index (Phi) is 5.59. The van der Waals surface area contributed by atoms with Crippen molar-refractivity contribution in [3.05, 3.63) is 60.2 Å². The lowest BCUT2D eigenvalue weighted by Gasteiger charge is -2.34. The summed E-state index contributed by atoms with van der Waals surface area (Å²) in [5.41, 5.74) is 6.09. The third kappa shape index (κ3) is 4.20. The third-order valence-corrected chi connectivity index (χ3v) is 4.49. The van der Waals surface area contributed by atoms with Gasteiger partial charge < -0.3 is 0 Å². The lowest BCUT2D eigenvalue weighted by Crippen LogP contribution is -2.49. The number of piperazine rings is 1. The highest BCUT2D eigenvalue weighted by atomic mass is 16.2. The summed E-state index contributed by atoms with van der Waals surface area (Å²) < 4.78 is 0. The molecule has 0 spiro atoms. The van der Waals surface area contributed by atoms with Crippen LogP contribution in [-0.2, 0) is 11.3 Å². The van der Waals surface area contributed by atoms with Crippen LogP contribution in [0.3, 0.4) is 0 Å². The quantitative estimate of drug-likeness (QED) is 0.497. The molecule has 1 amide bonds. The van der Waals surface area contributed by atoms with Gasteiger partial charge in [0.25, 0.3) is 0 Å². The molecule has 3 N–H and O–H groups in total. The summed E-state index contributed by atoms with van der Waals surface area (Å²) in [7, 11) is 0. The zero-order chi connectivity index (χ0) is 16.8. The van der Waals surface area contributed by atoms with Crippen molar-refractivity contribution in [2.24, 2.45) is 5.84 Å². The number of rotatable bonds is 5. The normalized spacial score (nSPS) is 16.0. The summed E-state index contributed by atoms with van der Waals surface area (Å²) in [5.74, 6) is 5.03. The van der Waals surface area contributed by atoms with Crippen LogP contribution in [0.15, 0.2) is 54.6 Å². The molecule has 0 radical (unpaired) electrons. The smallest absolute Gasteiger partial charge is 0.248 e. The van der Waals surface area contributed by atoms with E-state index in [4.69, 9.17) is 5.84 Å². The second-order valence-corrected chi connectivity index (χ2v) is 6.14. The highest BCUT2D eigenvalue weighted by Gasteiger charge is 2.19. The molecule has 0 unspecified atom stereocenters. The topological polar surface area (TPSA) is 61.6 Å². The molecule has 3 rings (SSSR count). The van der Waals surface area contributed by atoms with Crippen LogP contribution in [0.2, 0.25) is 0 Å². The van der Waals surface area contributed by atoms with Crippen molar-refractivity contribution in [1.82, 2.24) is 15.2 Å². The summed E-state index contributed by atoms with van der Waals surface area (Å²) in [5, 5.41) is 0. The Morgan fingerprint density at radius 2 is 1.54 bits per heavy atom. The van der Waals surface area contributed by atoms with Crippen molar-refractivity contribution >= 4 is 5.91 Å². The van der Waals surface area contributed by atoms with E-state index in [1.165, 1.54) is 16.7 Å². The van der Waals surface area contributed by atoms with Crippen LogP contribution in [0.5, 0.6) is 0 Å². The Morgan fingerprint density at radius 1 is 0.917 bits per heavy atom. The molecule has 1 aliphatic rings.